The van der Waals surface area contributed by atoms with Crippen molar-refractivity contribution in [2.24, 2.45) is 23.2 Å². The van der Waals surface area contributed by atoms with E-state index in [0.29, 0.717) is 5.41 Å². The van der Waals surface area contributed by atoms with E-state index in [1.807, 2.05) is 0 Å². The van der Waals surface area contributed by atoms with Crippen molar-refractivity contribution < 1.29 is 0 Å². The average molecular weight is 236 g/mol. The summed E-state index contributed by atoms with van der Waals surface area (Å²) in [5.41, 5.74) is 0.691. The van der Waals surface area contributed by atoms with Crippen LogP contribution < -0.4 is 0 Å². The molecule has 0 spiro atoms. The van der Waals surface area contributed by atoms with Crippen LogP contribution >= 0.6 is 0 Å². The Balaban J connectivity index is 1.72. The Bertz CT molecular complexity index is 224. The van der Waals surface area contributed by atoms with E-state index in [4.69, 9.17) is 0 Å². The van der Waals surface area contributed by atoms with E-state index in [-0.39, 0.29) is 0 Å². The van der Waals surface area contributed by atoms with Crippen LogP contribution in [0.1, 0.15) is 85.0 Å². The molecule has 2 aliphatic carbocycles. The largest absolute Gasteiger partial charge is 0.0654 e. The van der Waals surface area contributed by atoms with Crippen LogP contribution in [0.4, 0.5) is 0 Å². The Kier molecular flexibility index (Phi) is 4.55. The van der Waals surface area contributed by atoms with Gasteiger partial charge >= 0.3 is 0 Å². The lowest BCUT2D eigenvalue weighted by molar-refractivity contribution is 0.118. The fourth-order valence-corrected chi connectivity index (χ4v) is 4.01. The third-order valence-corrected chi connectivity index (χ3v) is 5.84. The van der Waals surface area contributed by atoms with Crippen molar-refractivity contribution >= 4 is 0 Å². The van der Waals surface area contributed by atoms with Crippen molar-refractivity contribution in [2.45, 2.75) is 85.0 Å². The summed E-state index contributed by atoms with van der Waals surface area (Å²) in [4.78, 5) is 0. The third-order valence-electron chi connectivity index (χ3n) is 5.84. The van der Waals surface area contributed by atoms with E-state index in [9.17, 15) is 0 Å². The minimum atomic E-state index is 0.691. The first-order valence-electron chi connectivity index (χ1n) is 8.15. The van der Waals surface area contributed by atoms with Gasteiger partial charge in [0.1, 0.15) is 0 Å². The molecule has 2 saturated carbocycles. The minimum Gasteiger partial charge on any atom is -0.0654 e. The first-order valence-corrected chi connectivity index (χ1v) is 8.15. The van der Waals surface area contributed by atoms with Gasteiger partial charge in [0, 0.05) is 0 Å². The maximum absolute atomic E-state index is 2.57. The Labute approximate surface area is 109 Å². The highest BCUT2D eigenvalue weighted by Gasteiger charge is 2.41. The summed E-state index contributed by atoms with van der Waals surface area (Å²) in [6.07, 6.45) is 14.9. The predicted octanol–water partition coefficient (Wildman–Crippen LogP) is 5.81. The zero-order valence-electron chi connectivity index (χ0n) is 12.3. The fourth-order valence-electron chi connectivity index (χ4n) is 4.01. The van der Waals surface area contributed by atoms with Crippen LogP contribution in [0.3, 0.4) is 0 Å². The lowest BCUT2D eigenvalue weighted by atomic mass is 9.66. The average Bonchev–Trinajstić information content (AvgIpc) is 3.06. The minimum absolute atomic E-state index is 0.691. The van der Waals surface area contributed by atoms with Gasteiger partial charge in [-0.05, 0) is 48.9 Å². The molecular formula is C17H32. The van der Waals surface area contributed by atoms with Crippen LogP contribution in [0, 0.1) is 23.2 Å². The maximum Gasteiger partial charge on any atom is -0.0300 e. The van der Waals surface area contributed by atoms with E-state index < -0.39 is 0 Å². The van der Waals surface area contributed by atoms with E-state index >= 15 is 0 Å². The molecule has 3 atom stereocenters. The summed E-state index contributed by atoms with van der Waals surface area (Å²) in [5, 5.41) is 0. The summed E-state index contributed by atoms with van der Waals surface area (Å²) in [5.74, 6) is 3.19. The summed E-state index contributed by atoms with van der Waals surface area (Å²) in [7, 11) is 0. The third kappa shape index (κ3) is 3.48. The van der Waals surface area contributed by atoms with Gasteiger partial charge in [0.2, 0.25) is 0 Å². The van der Waals surface area contributed by atoms with Crippen molar-refractivity contribution in [1.29, 1.82) is 0 Å². The second-order valence-electron chi connectivity index (χ2n) is 7.25. The molecule has 0 aromatic heterocycles. The normalized spacial score (nSPS) is 33.4. The molecule has 17 heavy (non-hydrogen) atoms. The van der Waals surface area contributed by atoms with E-state index in [1.54, 1.807) is 6.42 Å². The van der Waals surface area contributed by atoms with Gasteiger partial charge in [0.25, 0.3) is 0 Å². The van der Waals surface area contributed by atoms with Gasteiger partial charge in [-0.1, -0.05) is 59.3 Å². The molecule has 2 aliphatic rings. The quantitative estimate of drug-likeness (QED) is 0.546. The van der Waals surface area contributed by atoms with Crippen molar-refractivity contribution in [3.8, 4) is 0 Å². The highest BCUT2D eigenvalue weighted by Crippen LogP contribution is 2.51. The molecule has 3 unspecified atom stereocenters. The molecule has 0 amide bonds. The molecule has 0 radical (unpaired) electrons. The summed E-state index contributed by atoms with van der Waals surface area (Å²) in [6, 6.07) is 0. The Hall–Kier alpha value is 0. The van der Waals surface area contributed by atoms with E-state index in [2.05, 4.69) is 20.8 Å². The standard InChI is InChI=1S/C17H32/c1-4-5-9-15-13-16(15)12-14(2)17(3)10-7-6-8-11-17/h14-16H,4-13H2,1-3H3. The van der Waals surface area contributed by atoms with Gasteiger partial charge in [0.15, 0.2) is 0 Å². The molecule has 2 fully saturated rings. The van der Waals surface area contributed by atoms with Crippen molar-refractivity contribution in [2.75, 3.05) is 0 Å². The zero-order chi connectivity index (χ0) is 12.3. The molecule has 100 valence electrons. The molecule has 0 saturated heterocycles. The predicted molar refractivity (Wildman–Crippen MR) is 76.1 cm³/mol. The van der Waals surface area contributed by atoms with Gasteiger partial charge in [-0.3, -0.25) is 0 Å². The molecule has 0 heterocycles. The number of hydrogen-bond acceptors (Lipinski definition) is 0. The van der Waals surface area contributed by atoms with Crippen LogP contribution in [0.5, 0.6) is 0 Å². The fraction of sp³-hybridized carbons (Fsp3) is 1.00. The second kappa shape index (κ2) is 5.76. The smallest absolute Gasteiger partial charge is 0.0300 e. The molecule has 2 rings (SSSR count). The second-order valence-corrected chi connectivity index (χ2v) is 7.25. The van der Waals surface area contributed by atoms with Crippen LogP contribution in [0.25, 0.3) is 0 Å². The van der Waals surface area contributed by atoms with Gasteiger partial charge in [0.05, 0.1) is 0 Å². The van der Waals surface area contributed by atoms with Crippen molar-refractivity contribution in [3.05, 3.63) is 0 Å². The summed E-state index contributed by atoms with van der Waals surface area (Å²) < 4.78 is 0. The SMILES string of the molecule is CCCCC1CC1CC(C)C1(C)CCCCC1. The van der Waals surface area contributed by atoms with Gasteiger partial charge in [-0.25, -0.2) is 0 Å². The van der Waals surface area contributed by atoms with E-state index in [0.717, 1.165) is 17.8 Å². The lowest BCUT2D eigenvalue weighted by Gasteiger charge is -2.39. The Morgan fingerprint density at radius 2 is 1.82 bits per heavy atom. The molecule has 0 bridgehead atoms. The molecule has 0 nitrogen and oxygen atoms in total. The van der Waals surface area contributed by atoms with Crippen LogP contribution in [-0.4, -0.2) is 0 Å². The van der Waals surface area contributed by atoms with Gasteiger partial charge in [-0.15, -0.1) is 0 Å². The highest BCUT2D eigenvalue weighted by atomic mass is 14.5. The molecule has 0 aromatic carbocycles. The lowest BCUT2D eigenvalue weighted by Crippen LogP contribution is -2.28. The monoisotopic (exact) mass is 236 g/mol. The van der Waals surface area contributed by atoms with Crippen molar-refractivity contribution in [1.82, 2.24) is 0 Å². The molecule has 0 aromatic rings. The zero-order valence-corrected chi connectivity index (χ0v) is 12.3. The Morgan fingerprint density at radius 3 is 2.47 bits per heavy atom. The summed E-state index contributed by atoms with van der Waals surface area (Å²) in [6.45, 7) is 7.43. The molecule has 0 N–H and O–H groups in total. The number of unbranched alkanes of at least 4 members (excludes halogenated alkanes) is 1. The van der Waals surface area contributed by atoms with Crippen LogP contribution in [0.2, 0.25) is 0 Å². The van der Waals surface area contributed by atoms with Crippen molar-refractivity contribution in [3.63, 3.8) is 0 Å². The van der Waals surface area contributed by atoms with E-state index in [1.165, 1.54) is 57.8 Å². The summed E-state index contributed by atoms with van der Waals surface area (Å²) >= 11 is 0. The van der Waals surface area contributed by atoms with Gasteiger partial charge in [-0.2, -0.15) is 0 Å². The maximum atomic E-state index is 2.57. The number of rotatable bonds is 6. The van der Waals surface area contributed by atoms with Crippen LogP contribution in [0.15, 0.2) is 0 Å². The number of hydrogen-bond donors (Lipinski definition) is 0. The topological polar surface area (TPSA) is 0 Å². The first kappa shape index (κ1) is 13.4. The molecular weight excluding hydrogens is 204 g/mol. The molecule has 0 aliphatic heterocycles. The first-order chi connectivity index (χ1) is 8.15. The van der Waals surface area contributed by atoms with Gasteiger partial charge < -0.3 is 0 Å². The highest BCUT2D eigenvalue weighted by molar-refractivity contribution is 4.91. The molecule has 0 heteroatoms. The van der Waals surface area contributed by atoms with Crippen LogP contribution in [-0.2, 0) is 0 Å². The Morgan fingerprint density at radius 1 is 1.12 bits per heavy atom.